The third-order valence-electron chi connectivity index (χ3n) is 7.03. The summed E-state index contributed by atoms with van der Waals surface area (Å²) in [5.41, 5.74) is 6.05. The Balaban J connectivity index is 1.88. The van der Waals surface area contributed by atoms with Crippen molar-refractivity contribution in [2.24, 2.45) is 14.1 Å². The van der Waals surface area contributed by atoms with Crippen molar-refractivity contribution in [2.45, 2.75) is 20.0 Å². The molecule has 1 unspecified atom stereocenters. The van der Waals surface area contributed by atoms with Crippen molar-refractivity contribution < 1.29 is 4.74 Å². The molecule has 0 saturated carbocycles. The number of rotatable bonds is 2. The van der Waals surface area contributed by atoms with E-state index in [0.717, 1.165) is 39.3 Å². The fourth-order valence-corrected chi connectivity index (χ4v) is 5.36. The second-order valence-corrected chi connectivity index (χ2v) is 9.77. The summed E-state index contributed by atoms with van der Waals surface area (Å²) in [6, 6.07) is 21.5. The highest BCUT2D eigenvalue weighted by atomic mass is 35.5. The number of aryl methyl sites for hydroxylation is 3. The quantitative estimate of drug-likeness (QED) is 0.326. The van der Waals surface area contributed by atoms with E-state index in [-0.39, 0.29) is 11.2 Å². The van der Waals surface area contributed by atoms with Crippen LogP contribution in [0, 0.1) is 13.8 Å². The van der Waals surface area contributed by atoms with Crippen LogP contribution < -0.4 is 16.0 Å². The van der Waals surface area contributed by atoms with Gasteiger partial charge in [0.15, 0.2) is 6.10 Å². The molecule has 36 heavy (non-hydrogen) atoms. The smallest absolute Gasteiger partial charge is 0.331 e. The van der Waals surface area contributed by atoms with Crippen molar-refractivity contribution in [3.05, 3.63) is 115 Å². The molecule has 0 N–H and O–H groups in total. The van der Waals surface area contributed by atoms with Gasteiger partial charge in [-0.1, -0.05) is 54.1 Å². The summed E-state index contributed by atoms with van der Waals surface area (Å²) in [5.74, 6) is 0.699. The average Bonchev–Trinajstić information content (AvgIpc) is 3.23. The molecule has 6 nitrogen and oxygen atoms in total. The van der Waals surface area contributed by atoms with Crippen LogP contribution in [-0.4, -0.2) is 13.7 Å². The molecule has 3 aromatic carbocycles. The van der Waals surface area contributed by atoms with Crippen molar-refractivity contribution in [1.82, 2.24) is 13.7 Å². The number of fused-ring (bicyclic) bond motifs is 5. The highest BCUT2D eigenvalue weighted by Gasteiger charge is 2.36. The summed E-state index contributed by atoms with van der Waals surface area (Å²) in [4.78, 5) is 26.9. The molecule has 1 atom stereocenters. The van der Waals surface area contributed by atoms with Crippen LogP contribution in [0.25, 0.3) is 27.8 Å². The lowest BCUT2D eigenvalue weighted by Crippen LogP contribution is -2.37. The molecule has 0 radical (unpaired) electrons. The largest absolute Gasteiger partial charge is 0.477 e. The fraction of sp³-hybridized carbons (Fsp3) is 0.172. The summed E-state index contributed by atoms with van der Waals surface area (Å²) >= 11 is 6.19. The zero-order valence-electron chi connectivity index (χ0n) is 20.4. The lowest BCUT2D eigenvalue weighted by Gasteiger charge is -2.30. The topological polar surface area (TPSA) is 58.2 Å². The number of ether oxygens (including phenoxy) is 1. The van der Waals surface area contributed by atoms with Crippen LogP contribution in [0.15, 0.2) is 76.3 Å². The van der Waals surface area contributed by atoms with E-state index in [2.05, 4.69) is 10.6 Å². The van der Waals surface area contributed by atoms with Crippen LogP contribution in [-0.2, 0) is 14.1 Å². The second-order valence-electron chi connectivity index (χ2n) is 9.33. The van der Waals surface area contributed by atoms with Gasteiger partial charge < -0.3 is 9.30 Å². The molecule has 0 amide bonds. The molecule has 2 aromatic heterocycles. The summed E-state index contributed by atoms with van der Waals surface area (Å²) < 4.78 is 11.4. The maximum absolute atomic E-state index is 13.8. The number of benzene rings is 3. The molecule has 0 bridgehead atoms. The molecular weight excluding hydrogens is 474 g/mol. The number of hydrogen-bond acceptors (Lipinski definition) is 3. The lowest BCUT2D eigenvalue weighted by atomic mass is 10.0. The highest BCUT2D eigenvalue weighted by molar-refractivity contribution is 6.30. The third kappa shape index (κ3) is 3.11. The van der Waals surface area contributed by atoms with Crippen LogP contribution in [0.5, 0.6) is 5.75 Å². The molecule has 0 spiro atoms. The van der Waals surface area contributed by atoms with E-state index in [9.17, 15) is 9.59 Å². The predicted octanol–water partition coefficient (Wildman–Crippen LogP) is 5.45. The zero-order valence-corrected chi connectivity index (χ0v) is 21.1. The highest BCUT2D eigenvalue weighted by Crippen LogP contribution is 2.47. The first-order valence-electron chi connectivity index (χ1n) is 11.7. The Morgan fingerprint density at radius 2 is 1.61 bits per heavy atom. The summed E-state index contributed by atoms with van der Waals surface area (Å²) in [6.45, 7) is 4.05. The van der Waals surface area contributed by atoms with E-state index in [0.29, 0.717) is 21.7 Å². The first kappa shape index (κ1) is 22.4. The van der Waals surface area contributed by atoms with Crippen LogP contribution in [0.3, 0.4) is 0 Å². The second kappa shape index (κ2) is 8.00. The van der Waals surface area contributed by atoms with E-state index in [1.165, 1.54) is 11.6 Å². The van der Waals surface area contributed by atoms with E-state index in [4.69, 9.17) is 16.3 Å². The van der Waals surface area contributed by atoms with Gasteiger partial charge in [0, 0.05) is 24.7 Å². The summed E-state index contributed by atoms with van der Waals surface area (Å²) in [5, 5.41) is 1.11. The van der Waals surface area contributed by atoms with E-state index in [1.54, 1.807) is 11.6 Å². The van der Waals surface area contributed by atoms with E-state index >= 15 is 0 Å². The molecule has 3 heterocycles. The number of aromatic nitrogens is 3. The van der Waals surface area contributed by atoms with Gasteiger partial charge in [-0.2, -0.15) is 0 Å². The number of halogens is 1. The number of hydrogen-bond donors (Lipinski definition) is 0. The van der Waals surface area contributed by atoms with Crippen molar-refractivity contribution in [3.8, 4) is 22.7 Å². The minimum atomic E-state index is -0.560. The molecule has 0 fully saturated rings. The van der Waals surface area contributed by atoms with E-state index < -0.39 is 6.10 Å². The Hall–Kier alpha value is -4.03. The van der Waals surface area contributed by atoms with Gasteiger partial charge in [0.05, 0.1) is 28.0 Å². The third-order valence-corrected chi connectivity index (χ3v) is 7.28. The molecule has 0 aliphatic carbocycles. The van der Waals surface area contributed by atoms with Gasteiger partial charge in [-0.15, -0.1) is 0 Å². The van der Waals surface area contributed by atoms with Crippen molar-refractivity contribution >= 4 is 22.5 Å². The van der Waals surface area contributed by atoms with E-state index in [1.807, 2.05) is 74.5 Å². The molecule has 6 rings (SSSR count). The molecule has 180 valence electrons. The van der Waals surface area contributed by atoms with Gasteiger partial charge in [0.25, 0.3) is 5.56 Å². The predicted molar refractivity (Wildman–Crippen MR) is 143 cm³/mol. The lowest BCUT2D eigenvalue weighted by molar-refractivity contribution is 0.229. The zero-order chi connectivity index (χ0) is 25.3. The maximum Gasteiger partial charge on any atom is 0.331 e. The molecule has 0 saturated heterocycles. The fourth-order valence-electron chi connectivity index (χ4n) is 5.23. The van der Waals surface area contributed by atoms with Crippen molar-refractivity contribution in [3.63, 3.8) is 0 Å². The number of nitrogens with zero attached hydrogens (tertiary/aromatic N) is 3. The maximum atomic E-state index is 13.8. The normalized spacial score (nSPS) is 14.4. The minimum Gasteiger partial charge on any atom is -0.477 e. The van der Waals surface area contributed by atoms with Crippen LogP contribution >= 0.6 is 11.6 Å². The Bertz CT molecular complexity index is 1810. The monoisotopic (exact) mass is 497 g/mol. The summed E-state index contributed by atoms with van der Waals surface area (Å²) in [7, 11) is 3.23. The molecule has 7 heteroatoms. The standard InChI is InChI=1S/C29H24ClN3O3/c1-16-9-14-22-21(15-16)33-24(20-8-6-5-7-17(20)2)23-25(31(3)29(35)32(4)28(23)34)26(33)27(36-22)18-10-12-19(30)13-11-18/h5-15,27H,1-4H3. The molecule has 1 aliphatic heterocycles. The molecule has 1 aliphatic rings. The van der Waals surface area contributed by atoms with Crippen LogP contribution in [0.1, 0.15) is 28.5 Å². The Morgan fingerprint density at radius 3 is 2.33 bits per heavy atom. The van der Waals surface area contributed by atoms with Crippen molar-refractivity contribution in [1.29, 1.82) is 0 Å². The van der Waals surface area contributed by atoms with Gasteiger partial charge in [-0.25, -0.2) is 4.79 Å². The van der Waals surface area contributed by atoms with Gasteiger partial charge in [0.1, 0.15) is 5.75 Å². The molecular formula is C29H24ClN3O3. The average molecular weight is 498 g/mol. The first-order valence-corrected chi connectivity index (χ1v) is 12.1. The van der Waals surface area contributed by atoms with Gasteiger partial charge >= 0.3 is 5.69 Å². The Kier molecular flexibility index (Phi) is 4.99. The van der Waals surface area contributed by atoms with Crippen LogP contribution in [0.4, 0.5) is 0 Å². The van der Waals surface area contributed by atoms with Gasteiger partial charge in [0.2, 0.25) is 0 Å². The van der Waals surface area contributed by atoms with Crippen LogP contribution in [0.2, 0.25) is 5.02 Å². The SMILES string of the molecule is Cc1ccc2c(c1)-n1c(-c3ccccc3C)c3c(=O)n(C)c(=O)n(C)c3c1C(c1ccc(Cl)cc1)O2. The first-order chi connectivity index (χ1) is 17.3. The molecule has 5 aromatic rings. The summed E-state index contributed by atoms with van der Waals surface area (Å²) in [6.07, 6.45) is -0.560. The van der Waals surface area contributed by atoms with Crippen molar-refractivity contribution in [2.75, 3.05) is 0 Å². The van der Waals surface area contributed by atoms with Gasteiger partial charge in [-0.3, -0.25) is 13.9 Å². The Morgan fingerprint density at radius 1 is 0.889 bits per heavy atom. The minimum absolute atomic E-state index is 0.336. The van der Waals surface area contributed by atoms with Gasteiger partial charge in [-0.05, 0) is 54.8 Å². The Labute approximate surface area is 212 Å².